The monoisotopic (exact) mass is 391 g/mol. The zero-order valence-electron chi connectivity index (χ0n) is 16.3. The molecule has 0 fully saturated rings. The molecule has 0 saturated heterocycles. The number of nitrogens with one attached hydrogen (secondary N) is 2. The Morgan fingerprint density at radius 1 is 0.931 bits per heavy atom. The molecule has 5 nitrogen and oxygen atoms in total. The first-order valence-corrected chi connectivity index (χ1v) is 9.28. The highest BCUT2D eigenvalue weighted by molar-refractivity contribution is 6.06. The lowest BCUT2D eigenvalue weighted by atomic mass is 10.1. The summed E-state index contributed by atoms with van der Waals surface area (Å²) in [5, 5.41) is 5.65. The number of halogens is 1. The summed E-state index contributed by atoms with van der Waals surface area (Å²) in [6.07, 6.45) is 3.42. The second kappa shape index (κ2) is 9.10. The molecule has 6 heteroatoms. The quantitative estimate of drug-likeness (QED) is 0.666. The lowest BCUT2D eigenvalue weighted by Crippen LogP contribution is -2.26. The molecule has 0 bridgehead atoms. The number of hydrogen-bond acceptors (Lipinski definition) is 3. The first-order chi connectivity index (χ1) is 13.9. The van der Waals surface area contributed by atoms with Crippen LogP contribution in [0.1, 0.15) is 37.4 Å². The molecule has 2 N–H and O–H groups in total. The van der Waals surface area contributed by atoms with E-state index in [0.29, 0.717) is 24.1 Å². The van der Waals surface area contributed by atoms with Crippen molar-refractivity contribution in [1.82, 2.24) is 10.3 Å². The summed E-state index contributed by atoms with van der Waals surface area (Å²) in [6.45, 7) is 4.26. The van der Waals surface area contributed by atoms with Crippen molar-refractivity contribution in [3.8, 4) is 0 Å². The highest BCUT2D eigenvalue weighted by Gasteiger charge is 2.12. The van der Waals surface area contributed by atoms with Crippen LogP contribution in [-0.4, -0.2) is 23.3 Å². The number of amides is 2. The van der Waals surface area contributed by atoms with Crippen LogP contribution in [0.2, 0.25) is 0 Å². The molecule has 1 heterocycles. The van der Waals surface area contributed by atoms with Gasteiger partial charge < -0.3 is 10.6 Å². The largest absolute Gasteiger partial charge is 0.352 e. The van der Waals surface area contributed by atoms with E-state index in [1.807, 2.05) is 32.0 Å². The predicted molar refractivity (Wildman–Crippen MR) is 111 cm³/mol. The Labute approximate surface area is 169 Å². The second-order valence-corrected chi connectivity index (χ2v) is 6.87. The van der Waals surface area contributed by atoms with Crippen molar-refractivity contribution < 1.29 is 14.0 Å². The smallest absolute Gasteiger partial charge is 0.257 e. The van der Waals surface area contributed by atoms with Gasteiger partial charge in [0.1, 0.15) is 5.82 Å². The molecule has 0 unspecified atom stereocenters. The summed E-state index contributed by atoms with van der Waals surface area (Å²) in [6, 6.07) is 13.5. The summed E-state index contributed by atoms with van der Waals surface area (Å²) in [5.41, 5.74) is 4.25. The number of pyridine rings is 1. The third kappa shape index (κ3) is 5.48. The summed E-state index contributed by atoms with van der Waals surface area (Å²) in [5.74, 6) is -0.937. The van der Waals surface area contributed by atoms with Crippen LogP contribution < -0.4 is 10.6 Å². The van der Waals surface area contributed by atoms with Crippen LogP contribution in [0.15, 0.2) is 60.9 Å². The highest BCUT2D eigenvalue weighted by Crippen LogP contribution is 2.17. The van der Waals surface area contributed by atoms with Crippen molar-refractivity contribution in [2.24, 2.45) is 0 Å². The number of anilines is 1. The molecule has 0 aliphatic heterocycles. The van der Waals surface area contributed by atoms with E-state index in [-0.39, 0.29) is 17.6 Å². The summed E-state index contributed by atoms with van der Waals surface area (Å²) >= 11 is 0. The lowest BCUT2D eigenvalue weighted by Gasteiger charge is -2.10. The zero-order chi connectivity index (χ0) is 20.8. The first-order valence-electron chi connectivity index (χ1n) is 9.28. The topological polar surface area (TPSA) is 71.1 Å². The van der Waals surface area contributed by atoms with E-state index >= 15 is 0 Å². The Hall–Kier alpha value is -3.54. The predicted octanol–water partition coefficient (Wildman–Crippen LogP) is 4.06. The van der Waals surface area contributed by atoms with E-state index in [2.05, 4.69) is 15.6 Å². The molecule has 29 heavy (non-hydrogen) atoms. The van der Waals surface area contributed by atoms with E-state index < -0.39 is 0 Å². The van der Waals surface area contributed by atoms with Gasteiger partial charge in [0, 0.05) is 24.6 Å². The van der Waals surface area contributed by atoms with E-state index in [1.165, 1.54) is 30.6 Å². The van der Waals surface area contributed by atoms with Crippen LogP contribution in [0.5, 0.6) is 0 Å². The van der Waals surface area contributed by atoms with Crippen LogP contribution in [0.3, 0.4) is 0 Å². The van der Waals surface area contributed by atoms with Gasteiger partial charge in [0.05, 0.1) is 11.1 Å². The molecule has 0 aliphatic rings. The molecule has 0 aliphatic carbocycles. The van der Waals surface area contributed by atoms with Gasteiger partial charge in [-0.25, -0.2) is 4.39 Å². The number of carbonyl (C=O) groups is 2. The van der Waals surface area contributed by atoms with Crippen molar-refractivity contribution >= 4 is 17.5 Å². The number of nitrogens with zero attached hydrogens (tertiary/aromatic N) is 1. The molecule has 0 atom stereocenters. The van der Waals surface area contributed by atoms with E-state index in [0.717, 1.165) is 22.4 Å². The fourth-order valence-corrected chi connectivity index (χ4v) is 2.83. The fraction of sp³-hybridized carbons (Fsp3) is 0.174. The van der Waals surface area contributed by atoms with Crippen LogP contribution in [0.25, 0.3) is 0 Å². The maximum atomic E-state index is 12.9. The summed E-state index contributed by atoms with van der Waals surface area (Å²) < 4.78 is 12.9. The Bertz CT molecular complexity index is 1030. The zero-order valence-corrected chi connectivity index (χ0v) is 16.3. The minimum atomic E-state index is -0.327. The van der Waals surface area contributed by atoms with Crippen molar-refractivity contribution in [3.63, 3.8) is 0 Å². The van der Waals surface area contributed by atoms with Gasteiger partial charge in [0.25, 0.3) is 11.8 Å². The summed E-state index contributed by atoms with van der Waals surface area (Å²) in [4.78, 5) is 29.0. The Morgan fingerprint density at radius 2 is 1.62 bits per heavy atom. The van der Waals surface area contributed by atoms with Gasteiger partial charge in [-0.15, -0.1) is 0 Å². The minimum absolute atomic E-state index is 0.292. The van der Waals surface area contributed by atoms with Crippen molar-refractivity contribution in [2.75, 3.05) is 11.9 Å². The van der Waals surface area contributed by atoms with Gasteiger partial charge >= 0.3 is 0 Å². The SMILES string of the molecule is Cc1ccc(C)c(NC(=O)c2cncc(C(=O)NCCc3ccc(F)cc3)c2)c1. The molecule has 0 spiro atoms. The van der Waals surface area contributed by atoms with Gasteiger partial charge in [0.15, 0.2) is 0 Å². The van der Waals surface area contributed by atoms with Gasteiger partial charge in [-0.2, -0.15) is 0 Å². The minimum Gasteiger partial charge on any atom is -0.352 e. The number of rotatable bonds is 6. The first kappa shape index (κ1) is 20.2. The molecule has 2 aromatic carbocycles. The third-order valence-electron chi connectivity index (χ3n) is 4.52. The molecular weight excluding hydrogens is 369 g/mol. The summed E-state index contributed by atoms with van der Waals surface area (Å²) in [7, 11) is 0. The van der Waals surface area contributed by atoms with Gasteiger partial charge in [0.2, 0.25) is 0 Å². The number of carbonyl (C=O) groups excluding carboxylic acids is 2. The molecule has 0 radical (unpaired) electrons. The van der Waals surface area contributed by atoms with Crippen LogP contribution >= 0.6 is 0 Å². The molecular formula is C23H22FN3O2. The Morgan fingerprint density at radius 3 is 2.34 bits per heavy atom. The van der Waals surface area contributed by atoms with Crippen molar-refractivity contribution in [3.05, 3.63) is 94.6 Å². The molecule has 148 valence electrons. The van der Waals surface area contributed by atoms with Crippen molar-refractivity contribution in [2.45, 2.75) is 20.3 Å². The maximum absolute atomic E-state index is 12.9. The molecule has 3 rings (SSSR count). The molecule has 3 aromatic rings. The standard InChI is InChI=1S/C23H22FN3O2/c1-15-3-4-16(2)21(11-15)27-23(29)19-12-18(13-25-14-19)22(28)26-10-9-17-5-7-20(24)8-6-17/h3-8,11-14H,9-10H2,1-2H3,(H,26,28)(H,27,29). The number of benzene rings is 2. The fourth-order valence-electron chi connectivity index (χ4n) is 2.83. The Balaban J connectivity index is 1.62. The lowest BCUT2D eigenvalue weighted by molar-refractivity contribution is 0.0953. The molecule has 2 amide bonds. The third-order valence-corrected chi connectivity index (χ3v) is 4.52. The highest BCUT2D eigenvalue weighted by atomic mass is 19.1. The van der Waals surface area contributed by atoms with Crippen LogP contribution in [0, 0.1) is 19.7 Å². The molecule has 0 saturated carbocycles. The van der Waals surface area contributed by atoms with Crippen LogP contribution in [-0.2, 0) is 6.42 Å². The van der Waals surface area contributed by atoms with Gasteiger partial charge in [-0.1, -0.05) is 24.3 Å². The van der Waals surface area contributed by atoms with E-state index in [9.17, 15) is 14.0 Å². The van der Waals surface area contributed by atoms with E-state index in [4.69, 9.17) is 0 Å². The number of aryl methyl sites for hydroxylation is 2. The van der Waals surface area contributed by atoms with Gasteiger partial charge in [-0.05, 0) is 61.2 Å². The van der Waals surface area contributed by atoms with Crippen molar-refractivity contribution in [1.29, 1.82) is 0 Å². The van der Waals surface area contributed by atoms with E-state index in [1.54, 1.807) is 12.1 Å². The normalized spacial score (nSPS) is 10.4. The second-order valence-electron chi connectivity index (χ2n) is 6.87. The average Bonchev–Trinajstić information content (AvgIpc) is 2.72. The Kier molecular flexibility index (Phi) is 6.34. The average molecular weight is 391 g/mol. The number of aromatic nitrogens is 1. The van der Waals surface area contributed by atoms with Gasteiger partial charge in [-0.3, -0.25) is 14.6 Å². The number of hydrogen-bond donors (Lipinski definition) is 2. The maximum Gasteiger partial charge on any atom is 0.257 e. The van der Waals surface area contributed by atoms with Crippen LogP contribution in [0.4, 0.5) is 10.1 Å². The molecule has 1 aromatic heterocycles.